The van der Waals surface area contributed by atoms with Crippen LogP contribution in [-0.2, 0) is 0 Å². The van der Waals surface area contributed by atoms with E-state index in [1.165, 1.54) is 6.42 Å². The molecular weight excluding hydrogens is 93.7 g/mol. The second kappa shape index (κ2) is 2.61. The van der Waals surface area contributed by atoms with Gasteiger partial charge in [0.25, 0.3) is 0 Å². The Hall–Kier alpha value is 0.130. The van der Waals surface area contributed by atoms with E-state index in [1.807, 2.05) is 0 Å². The summed E-state index contributed by atoms with van der Waals surface area (Å²) in [6, 6.07) is 0. The summed E-state index contributed by atoms with van der Waals surface area (Å²) in [6.07, 6.45) is 1.33. The van der Waals surface area contributed by atoms with Gasteiger partial charge in [-0.1, -0.05) is 32.9 Å². The molecule has 0 rings (SSSR count). The molecule has 0 radical (unpaired) electrons. The Morgan fingerprint density at radius 1 is 1.25 bits per heavy atom. The van der Waals surface area contributed by atoms with Crippen LogP contribution < -0.4 is 0 Å². The molecule has 0 N–H and O–H groups in total. The normalized spacial score (nSPS) is 12.5. The Morgan fingerprint density at radius 2 is 1.62 bits per heavy atom. The maximum atomic E-state index is 2.28. The number of rotatable bonds is 1. The number of hydrogen-bond donors (Lipinski definition) is 0. The van der Waals surface area contributed by atoms with Crippen molar-refractivity contribution in [3.05, 3.63) is 0 Å². The smallest absolute Gasteiger partial charge is 0.0955 e. The summed E-state index contributed by atoms with van der Waals surface area (Å²) in [4.78, 5) is 0. The molecular formula is C6H16B2. The van der Waals surface area contributed by atoms with E-state index in [1.54, 1.807) is 0 Å². The molecule has 2 heteroatoms. The molecule has 0 bridgehead atoms. The zero-order valence-electron chi connectivity index (χ0n) is 6.78. The molecule has 0 aromatic heterocycles. The molecule has 0 atom stereocenters. The van der Waals surface area contributed by atoms with Crippen LogP contribution in [0.15, 0.2) is 0 Å². The first-order chi connectivity index (χ1) is 3.42. The second-order valence-corrected chi connectivity index (χ2v) is 4.16. The van der Waals surface area contributed by atoms with Gasteiger partial charge in [0.2, 0.25) is 0 Å². The zero-order valence-corrected chi connectivity index (χ0v) is 6.78. The van der Waals surface area contributed by atoms with E-state index >= 15 is 0 Å². The first kappa shape index (κ1) is 8.13. The predicted octanol–water partition coefficient (Wildman–Crippen LogP) is 0.435. The fraction of sp³-hybridized carbons (Fsp3) is 1.00. The van der Waals surface area contributed by atoms with Gasteiger partial charge in [-0.05, 0) is 5.41 Å². The molecule has 0 aliphatic heterocycles. The van der Waals surface area contributed by atoms with Gasteiger partial charge in [-0.15, -0.1) is 0 Å². The first-order valence-electron chi connectivity index (χ1n) is 3.42. The van der Waals surface area contributed by atoms with Crippen molar-refractivity contribution < 1.29 is 0 Å². The number of hydrogen-bond acceptors (Lipinski definition) is 0. The molecule has 0 nitrogen and oxygen atoms in total. The topological polar surface area (TPSA) is 0 Å². The molecule has 46 valence electrons. The van der Waals surface area contributed by atoms with E-state index < -0.39 is 0 Å². The summed E-state index contributed by atoms with van der Waals surface area (Å²) < 4.78 is 0. The minimum atomic E-state index is 0.522. The quantitative estimate of drug-likeness (QED) is 0.429. The third-order valence-corrected chi connectivity index (χ3v) is 1.02. The average molecular weight is 110 g/mol. The molecule has 0 saturated carbocycles. The fourth-order valence-electron chi connectivity index (χ4n) is 1.22. The average Bonchev–Trinajstić information content (AvgIpc) is 1.21. The van der Waals surface area contributed by atoms with E-state index in [9.17, 15) is 0 Å². The van der Waals surface area contributed by atoms with Gasteiger partial charge < -0.3 is 0 Å². The standard InChI is InChI=1S/C6H16B2/c1-6(2,3)4-5(7)8/h5H,4,7-8H2,1-3H3. The van der Waals surface area contributed by atoms with Gasteiger partial charge >= 0.3 is 0 Å². The Kier molecular flexibility index (Phi) is 2.65. The van der Waals surface area contributed by atoms with Crippen molar-refractivity contribution in [3.8, 4) is 0 Å². The monoisotopic (exact) mass is 110 g/mol. The second-order valence-electron chi connectivity index (χ2n) is 4.16. The van der Waals surface area contributed by atoms with E-state index in [0.29, 0.717) is 5.41 Å². The molecule has 0 amide bonds. The van der Waals surface area contributed by atoms with Crippen molar-refractivity contribution in [2.75, 3.05) is 0 Å². The molecule has 0 aromatic rings. The molecule has 0 unspecified atom stereocenters. The minimum Gasteiger partial charge on any atom is -0.0955 e. The van der Waals surface area contributed by atoms with Crippen LogP contribution in [0.25, 0.3) is 0 Å². The van der Waals surface area contributed by atoms with Crippen LogP contribution in [0.5, 0.6) is 0 Å². The molecule has 0 heterocycles. The highest BCUT2D eigenvalue weighted by molar-refractivity contribution is 6.35. The van der Waals surface area contributed by atoms with Crippen molar-refractivity contribution in [2.24, 2.45) is 5.41 Å². The maximum Gasteiger partial charge on any atom is 0.0957 e. The lowest BCUT2D eigenvalue weighted by molar-refractivity contribution is 0.390. The van der Waals surface area contributed by atoms with Crippen LogP contribution in [0.1, 0.15) is 27.2 Å². The van der Waals surface area contributed by atoms with Gasteiger partial charge in [-0.25, -0.2) is 0 Å². The first-order valence-corrected chi connectivity index (χ1v) is 3.42. The molecule has 0 aliphatic rings. The molecule has 0 fully saturated rings. The van der Waals surface area contributed by atoms with E-state index in [2.05, 4.69) is 36.5 Å². The summed E-state index contributed by atoms with van der Waals surface area (Å²) in [5, 5.41) is 0. The Morgan fingerprint density at radius 3 is 1.62 bits per heavy atom. The van der Waals surface area contributed by atoms with Crippen molar-refractivity contribution in [3.63, 3.8) is 0 Å². The fourth-order valence-corrected chi connectivity index (χ4v) is 1.22. The minimum absolute atomic E-state index is 0.522. The van der Waals surface area contributed by atoms with Crippen LogP contribution in [0.4, 0.5) is 0 Å². The molecule has 0 saturated heterocycles. The molecule has 8 heavy (non-hydrogen) atoms. The van der Waals surface area contributed by atoms with Crippen LogP contribution in [-0.4, -0.2) is 15.7 Å². The summed E-state index contributed by atoms with van der Waals surface area (Å²) in [5.74, 6) is 0. The maximum absolute atomic E-state index is 2.28. The lowest BCUT2D eigenvalue weighted by Crippen LogP contribution is -2.09. The van der Waals surface area contributed by atoms with Crippen molar-refractivity contribution in [1.82, 2.24) is 0 Å². The molecule has 0 spiro atoms. The van der Waals surface area contributed by atoms with Crippen LogP contribution in [0, 0.1) is 5.41 Å². The third-order valence-electron chi connectivity index (χ3n) is 1.02. The van der Waals surface area contributed by atoms with E-state index in [4.69, 9.17) is 0 Å². The van der Waals surface area contributed by atoms with E-state index in [-0.39, 0.29) is 0 Å². The third kappa shape index (κ3) is 6.13. The van der Waals surface area contributed by atoms with Crippen LogP contribution >= 0.6 is 0 Å². The van der Waals surface area contributed by atoms with Gasteiger partial charge in [0.1, 0.15) is 0 Å². The van der Waals surface area contributed by atoms with Gasteiger partial charge in [-0.2, -0.15) is 0 Å². The highest BCUT2D eigenvalue weighted by Crippen LogP contribution is 2.23. The van der Waals surface area contributed by atoms with Crippen molar-refractivity contribution in [1.29, 1.82) is 0 Å². The van der Waals surface area contributed by atoms with E-state index in [0.717, 1.165) is 5.72 Å². The molecule has 0 aromatic carbocycles. The van der Waals surface area contributed by atoms with Crippen LogP contribution in [0.3, 0.4) is 0 Å². The van der Waals surface area contributed by atoms with Crippen LogP contribution in [0.2, 0.25) is 5.72 Å². The molecule has 0 aliphatic carbocycles. The lowest BCUT2D eigenvalue weighted by Gasteiger charge is -2.20. The zero-order chi connectivity index (χ0) is 6.78. The summed E-state index contributed by atoms with van der Waals surface area (Å²) in [5.41, 5.74) is 1.36. The van der Waals surface area contributed by atoms with Gasteiger partial charge in [-0.3, -0.25) is 0 Å². The summed E-state index contributed by atoms with van der Waals surface area (Å²) in [6.45, 7) is 6.85. The largest absolute Gasteiger partial charge is 0.0957 e. The van der Waals surface area contributed by atoms with Crippen molar-refractivity contribution in [2.45, 2.75) is 32.9 Å². The highest BCUT2D eigenvalue weighted by atomic mass is 14.1. The Balaban J connectivity index is 3.39. The summed E-state index contributed by atoms with van der Waals surface area (Å²) in [7, 11) is 4.54. The Bertz CT molecular complexity index is 61.4. The van der Waals surface area contributed by atoms with Gasteiger partial charge in [0, 0.05) is 0 Å². The SMILES string of the molecule is BC(B)CC(C)(C)C. The predicted molar refractivity (Wildman–Crippen MR) is 44.9 cm³/mol. The summed E-state index contributed by atoms with van der Waals surface area (Å²) >= 11 is 0. The van der Waals surface area contributed by atoms with Crippen molar-refractivity contribution >= 4 is 15.7 Å². The highest BCUT2D eigenvalue weighted by Gasteiger charge is 2.11. The van der Waals surface area contributed by atoms with Gasteiger partial charge in [0.15, 0.2) is 0 Å². The Labute approximate surface area is 54.9 Å². The lowest BCUT2D eigenvalue weighted by atomic mass is 9.64. The van der Waals surface area contributed by atoms with Gasteiger partial charge in [0.05, 0.1) is 15.7 Å².